The summed E-state index contributed by atoms with van der Waals surface area (Å²) in [7, 11) is 1.76. The Morgan fingerprint density at radius 1 is 1.06 bits per heavy atom. The minimum Gasteiger partial charge on any atom is -0.446 e. The van der Waals surface area contributed by atoms with Crippen molar-refractivity contribution in [3.63, 3.8) is 0 Å². The number of carbonyl (C=O) groups is 1. The summed E-state index contributed by atoms with van der Waals surface area (Å²) in [6.45, 7) is 16.0. The number of allylic oxidation sites excluding steroid dienone is 4. The number of nitrogens with one attached hydrogen (secondary N) is 1. The zero-order chi connectivity index (χ0) is 25.8. The van der Waals surface area contributed by atoms with E-state index in [4.69, 9.17) is 4.74 Å². The van der Waals surface area contributed by atoms with Crippen LogP contribution in [0.25, 0.3) is 10.9 Å². The minimum absolute atomic E-state index is 0.232. The number of aryl methyl sites for hydroxylation is 2. The van der Waals surface area contributed by atoms with E-state index in [1.807, 2.05) is 32.9 Å². The zero-order valence-corrected chi connectivity index (χ0v) is 23.2. The molecule has 192 valence electrons. The molecule has 0 radical (unpaired) electrons. The van der Waals surface area contributed by atoms with Crippen LogP contribution in [0, 0.1) is 0 Å². The van der Waals surface area contributed by atoms with Crippen LogP contribution in [-0.4, -0.2) is 24.3 Å². The van der Waals surface area contributed by atoms with Gasteiger partial charge in [-0.15, -0.1) is 0 Å². The Kier molecular flexibility index (Phi) is 18.7. The molecule has 0 unspecified atom stereocenters. The zero-order valence-electron chi connectivity index (χ0n) is 23.2. The molecule has 2 aromatic rings. The lowest BCUT2D eigenvalue weighted by Gasteiger charge is -2.09. The Balaban J connectivity index is 0.000000924. The summed E-state index contributed by atoms with van der Waals surface area (Å²) < 4.78 is 7.59. The Morgan fingerprint density at radius 2 is 1.79 bits per heavy atom. The van der Waals surface area contributed by atoms with Gasteiger partial charge in [-0.2, -0.15) is 0 Å². The van der Waals surface area contributed by atoms with Crippen molar-refractivity contribution in [2.75, 3.05) is 13.8 Å². The lowest BCUT2D eigenvalue weighted by atomic mass is 10.0. The van der Waals surface area contributed by atoms with E-state index in [2.05, 4.69) is 67.9 Å². The van der Waals surface area contributed by atoms with Gasteiger partial charge in [-0.05, 0) is 76.8 Å². The number of aromatic nitrogens is 1. The van der Waals surface area contributed by atoms with Gasteiger partial charge in [-0.25, -0.2) is 4.79 Å². The van der Waals surface area contributed by atoms with Crippen molar-refractivity contribution in [1.82, 2.24) is 9.88 Å². The number of carbonyl (C=O) groups excluding carboxylic acids is 1. The molecule has 0 atom stereocenters. The van der Waals surface area contributed by atoms with Crippen LogP contribution >= 0.6 is 0 Å². The fourth-order valence-corrected chi connectivity index (χ4v) is 3.89. The standard InChI is InChI=1S/C20H30N2O2.C8H14.C2H6/c1-5-8-9-10-18-16(6-2)17-13-15(20(23)24-14-21-4)11-12-19(17)22(18)7-3;1-3-5-7-8-6-4-2;1-2/h11-13,21H,5-10,14H2,1-4H3;3,5-6,8H,4,7H2,1-2H3;1-2H3/b;5-3-,8-6-;. The number of rotatable bonds is 12. The van der Waals surface area contributed by atoms with Gasteiger partial charge < -0.3 is 9.30 Å². The average Bonchev–Trinajstić information content (AvgIpc) is 3.18. The van der Waals surface area contributed by atoms with Gasteiger partial charge in [0.1, 0.15) is 6.73 Å². The fourth-order valence-electron chi connectivity index (χ4n) is 3.89. The maximum absolute atomic E-state index is 12.2. The van der Waals surface area contributed by atoms with Gasteiger partial charge in [-0.3, -0.25) is 5.32 Å². The van der Waals surface area contributed by atoms with Crippen LogP contribution in [0.1, 0.15) is 102 Å². The second-order valence-corrected chi connectivity index (χ2v) is 7.83. The number of esters is 1. The first kappa shape index (κ1) is 31.7. The van der Waals surface area contributed by atoms with Crippen LogP contribution < -0.4 is 5.32 Å². The number of hydrogen-bond acceptors (Lipinski definition) is 3. The maximum Gasteiger partial charge on any atom is 0.339 e. The highest BCUT2D eigenvalue weighted by Gasteiger charge is 2.17. The third-order valence-corrected chi connectivity index (χ3v) is 5.47. The third kappa shape index (κ3) is 10.3. The monoisotopic (exact) mass is 470 g/mol. The molecule has 0 spiro atoms. The van der Waals surface area contributed by atoms with Crippen LogP contribution in [0.15, 0.2) is 42.5 Å². The Labute approximate surface area is 209 Å². The Morgan fingerprint density at radius 3 is 2.35 bits per heavy atom. The summed E-state index contributed by atoms with van der Waals surface area (Å²) in [6, 6.07) is 5.95. The highest BCUT2D eigenvalue weighted by atomic mass is 16.5. The number of fused-ring (bicyclic) bond motifs is 1. The van der Waals surface area contributed by atoms with E-state index in [9.17, 15) is 4.79 Å². The lowest BCUT2D eigenvalue weighted by Crippen LogP contribution is -2.16. The topological polar surface area (TPSA) is 43.3 Å². The molecule has 0 aliphatic heterocycles. The molecule has 4 nitrogen and oxygen atoms in total. The molecule has 1 aromatic carbocycles. The van der Waals surface area contributed by atoms with Crippen molar-refractivity contribution in [3.05, 3.63) is 59.3 Å². The van der Waals surface area contributed by atoms with Crippen molar-refractivity contribution in [2.45, 2.75) is 100.0 Å². The number of benzene rings is 1. The molecule has 1 aromatic heterocycles. The summed E-state index contributed by atoms with van der Waals surface area (Å²) in [6.07, 6.45) is 16.6. The molecule has 4 heteroatoms. The summed E-state index contributed by atoms with van der Waals surface area (Å²) >= 11 is 0. The normalized spacial score (nSPS) is 10.8. The first-order valence-electron chi connectivity index (χ1n) is 13.3. The largest absolute Gasteiger partial charge is 0.446 e. The number of nitrogens with zero attached hydrogens (tertiary/aromatic N) is 1. The molecule has 0 amide bonds. The van der Waals surface area contributed by atoms with E-state index in [1.54, 1.807) is 7.05 Å². The highest BCUT2D eigenvalue weighted by Crippen LogP contribution is 2.29. The van der Waals surface area contributed by atoms with E-state index in [1.165, 1.54) is 41.4 Å². The molecule has 2 rings (SSSR count). The summed E-state index contributed by atoms with van der Waals surface area (Å²) in [5, 5.41) is 4.03. The van der Waals surface area contributed by atoms with Gasteiger partial charge in [0, 0.05) is 23.1 Å². The van der Waals surface area contributed by atoms with Crippen LogP contribution in [0.4, 0.5) is 0 Å². The number of hydrogen-bond donors (Lipinski definition) is 1. The van der Waals surface area contributed by atoms with Crippen molar-refractivity contribution in [3.8, 4) is 0 Å². The molecule has 0 bridgehead atoms. The van der Waals surface area contributed by atoms with Crippen LogP contribution in [0.2, 0.25) is 0 Å². The Hall–Kier alpha value is -2.33. The van der Waals surface area contributed by atoms with E-state index < -0.39 is 0 Å². The van der Waals surface area contributed by atoms with Crippen molar-refractivity contribution >= 4 is 16.9 Å². The molecule has 34 heavy (non-hydrogen) atoms. The maximum atomic E-state index is 12.2. The van der Waals surface area contributed by atoms with Gasteiger partial charge in [0.2, 0.25) is 0 Å². The molecule has 0 fully saturated rings. The van der Waals surface area contributed by atoms with Gasteiger partial charge in [0.25, 0.3) is 0 Å². The second kappa shape index (κ2) is 20.1. The predicted molar refractivity (Wildman–Crippen MR) is 150 cm³/mol. The van der Waals surface area contributed by atoms with E-state index in [-0.39, 0.29) is 12.7 Å². The molecule has 0 saturated heterocycles. The molecular formula is C30H50N2O2. The average molecular weight is 471 g/mol. The summed E-state index contributed by atoms with van der Waals surface area (Å²) in [5.41, 5.74) is 4.67. The molecule has 1 heterocycles. The highest BCUT2D eigenvalue weighted by molar-refractivity contribution is 5.96. The second-order valence-electron chi connectivity index (χ2n) is 7.83. The molecule has 0 saturated carbocycles. The van der Waals surface area contributed by atoms with Gasteiger partial charge in [0.15, 0.2) is 0 Å². The lowest BCUT2D eigenvalue weighted by molar-refractivity contribution is 0.0482. The molecule has 0 aliphatic rings. The van der Waals surface area contributed by atoms with Crippen LogP contribution in [0.3, 0.4) is 0 Å². The van der Waals surface area contributed by atoms with Crippen molar-refractivity contribution < 1.29 is 9.53 Å². The van der Waals surface area contributed by atoms with Gasteiger partial charge in [-0.1, -0.05) is 71.8 Å². The van der Waals surface area contributed by atoms with Gasteiger partial charge in [0.05, 0.1) is 5.56 Å². The quantitative estimate of drug-likeness (QED) is 0.147. The van der Waals surface area contributed by atoms with E-state index >= 15 is 0 Å². The van der Waals surface area contributed by atoms with Crippen molar-refractivity contribution in [2.24, 2.45) is 0 Å². The Bertz CT molecular complexity index is 862. The SMILES string of the molecule is C/C=C\C/C=C\CC.CC.CCCCCc1c(CC)c2cc(C(=O)OCNC)ccc2n1CC. The third-order valence-electron chi connectivity index (χ3n) is 5.47. The molecule has 0 aliphatic carbocycles. The number of ether oxygens (including phenoxy) is 1. The van der Waals surface area contributed by atoms with E-state index in [0.29, 0.717) is 5.56 Å². The molecule has 1 N–H and O–H groups in total. The van der Waals surface area contributed by atoms with Crippen LogP contribution in [-0.2, 0) is 24.1 Å². The predicted octanol–water partition coefficient (Wildman–Crippen LogP) is 8.24. The molecular weight excluding hydrogens is 420 g/mol. The minimum atomic E-state index is -0.273. The number of unbranched alkanes of at least 4 members (excludes halogenated alkanes) is 2. The van der Waals surface area contributed by atoms with Gasteiger partial charge >= 0.3 is 5.97 Å². The first-order chi connectivity index (χ1) is 16.6. The summed E-state index contributed by atoms with van der Waals surface area (Å²) in [4.78, 5) is 12.2. The summed E-state index contributed by atoms with van der Waals surface area (Å²) in [5.74, 6) is -0.273. The van der Waals surface area contributed by atoms with E-state index in [0.717, 1.165) is 32.2 Å². The van der Waals surface area contributed by atoms with Crippen LogP contribution in [0.5, 0.6) is 0 Å². The van der Waals surface area contributed by atoms with Crippen molar-refractivity contribution in [1.29, 1.82) is 0 Å². The smallest absolute Gasteiger partial charge is 0.339 e. The fraction of sp³-hybridized carbons (Fsp3) is 0.567. The first-order valence-corrected chi connectivity index (χ1v) is 13.3.